The van der Waals surface area contributed by atoms with Crippen molar-refractivity contribution in [1.82, 2.24) is 0 Å². The number of fused-ring (bicyclic) bond motifs is 1. The second-order valence-electron chi connectivity index (χ2n) is 5.12. The number of unbranched alkanes of at least 4 members (excludes halogenated alkanes) is 1. The zero-order valence-electron chi connectivity index (χ0n) is 12.1. The standard InChI is InChI=1S/C17H21N3O/c18-10-4-5-11-21-15-8-9-16-17(12-15)20(13-19-16)14-6-2-1-3-7-14/h1-3,6-9,12,19H,4-5,10-11,13,18H2. The van der Waals surface area contributed by atoms with Crippen LogP contribution in [0.3, 0.4) is 0 Å². The van der Waals surface area contributed by atoms with Gasteiger partial charge in [0, 0.05) is 11.8 Å². The van der Waals surface area contributed by atoms with Crippen LogP contribution in [0.25, 0.3) is 0 Å². The normalized spacial score (nSPS) is 12.9. The molecule has 0 bridgehead atoms. The van der Waals surface area contributed by atoms with Gasteiger partial charge in [-0.1, -0.05) is 18.2 Å². The lowest BCUT2D eigenvalue weighted by atomic mass is 10.2. The molecule has 0 aliphatic carbocycles. The lowest BCUT2D eigenvalue weighted by Gasteiger charge is -2.18. The van der Waals surface area contributed by atoms with Gasteiger partial charge < -0.3 is 20.7 Å². The van der Waals surface area contributed by atoms with Crippen LogP contribution < -0.4 is 20.7 Å². The highest BCUT2D eigenvalue weighted by molar-refractivity contribution is 5.82. The molecule has 1 aliphatic rings. The van der Waals surface area contributed by atoms with Crippen molar-refractivity contribution in [1.29, 1.82) is 0 Å². The first-order valence-electron chi connectivity index (χ1n) is 7.42. The smallest absolute Gasteiger partial charge is 0.121 e. The van der Waals surface area contributed by atoms with Crippen LogP contribution in [0.2, 0.25) is 0 Å². The van der Waals surface area contributed by atoms with Gasteiger partial charge in [-0.3, -0.25) is 0 Å². The molecule has 3 N–H and O–H groups in total. The summed E-state index contributed by atoms with van der Waals surface area (Å²) in [5, 5.41) is 3.41. The second kappa shape index (κ2) is 6.50. The van der Waals surface area contributed by atoms with Crippen LogP contribution in [0.15, 0.2) is 48.5 Å². The molecule has 0 unspecified atom stereocenters. The summed E-state index contributed by atoms with van der Waals surface area (Å²) in [6.45, 7) is 2.23. The predicted molar refractivity (Wildman–Crippen MR) is 87.3 cm³/mol. The van der Waals surface area contributed by atoms with E-state index < -0.39 is 0 Å². The number of hydrogen-bond donors (Lipinski definition) is 2. The molecule has 0 atom stereocenters. The van der Waals surface area contributed by atoms with Crippen molar-refractivity contribution < 1.29 is 4.74 Å². The molecule has 2 aromatic carbocycles. The minimum Gasteiger partial charge on any atom is -0.494 e. The Morgan fingerprint density at radius 2 is 1.95 bits per heavy atom. The lowest BCUT2D eigenvalue weighted by molar-refractivity contribution is 0.308. The Bertz CT molecular complexity index is 586. The Kier molecular flexibility index (Phi) is 4.26. The van der Waals surface area contributed by atoms with E-state index in [1.165, 1.54) is 5.69 Å². The fourth-order valence-electron chi connectivity index (χ4n) is 2.50. The first kappa shape index (κ1) is 13.8. The van der Waals surface area contributed by atoms with Gasteiger partial charge >= 0.3 is 0 Å². The van der Waals surface area contributed by atoms with E-state index >= 15 is 0 Å². The molecule has 0 radical (unpaired) electrons. The molecule has 1 aliphatic heterocycles. The molecular formula is C17H21N3O. The summed E-state index contributed by atoms with van der Waals surface area (Å²) in [6.07, 6.45) is 2.00. The molecule has 0 aromatic heterocycles. The Balaban J connectivity index is 1.75. The summed E-state index contributed by atoms with van der Waals surface area (Å²) in [5.41, 5.74) is 8.99. The van der Waals surface area contributed by atoms with E-state index in [0.717, 1.165) is 49.8 Å². The summed E-state index contributed by atoms with van der Waals surface area (Å²) in [5.74, 6) is 0.912. The maximum Gasteiger partial charge on any atom is 0.121 e. The maximum absolute atomic E-state index is 5.81. The SMILES string of the molecule is NCCCCOc1ccc2c(c1)N(c1ccccc1)CN2. The number of nitrogens with zero attached hydrogens (tertiary/aromatic N) is 1. The van der Waals surface area contributed by atoms with E-state index in [-0.39, 0.29) is 0 Å². The Hall–Kier alpha value is -2.20. The Morgan fingerprint density at radius 3 is 2.76 bits per heavy atom. The number of rotatable bonds is 6. The molecule has 0 saturated heterocycles. The largest absolute Gasteiger partial charge is 0.494 e. The van der Waals surface area contributed by atoms with Crippen molar-refractivity contribution in [3.05, 3.63) is 48.5 Å². The second-order valence-corrected chi connectivity index (χ2v) is 5.12. The van der Waals surface area contributed by atoms with Gasteiger partial charge in [0.05, 0.1) is 24.7 Å². The molecule has 110 valence electrons. The van der Waals surface area contributed by atoms with E-state index in [2.05, 4.69) is 46.6 Å². The van der Waals surface area contributed by atoms with Crippen LogP contribution >= 0.6 is 0 Å². The first-order chi connectivity index (χ1) is 10.4. The molecule has 3 rings (SSSR count). The van der Waals surface area contributed by atoms with Crippen molar-refractivity contribution in [3.63, 3.8) is 0 Å². The summed E-state index contributed by atoms with van der Waals surface area (Å²) in [4.78, 5) is 2.25. The zero-order valence-corrected chi connectivity index (χ0v) is 12.1. The average Bonchev–Trinajstić information content (AvgIpc) is 2.95. The quantitative estimate of drug-likeness (QED) is 0.798. The van der Waals surface area contributed by atoms with Gasteiger partial charge in [0.2, 0.25) is 0 Å². The van der Waals surface area contributed by atoms with Gasteiger partial charge in [0.1, 0.15) is 5.75 Å². The number of hydrogen-bond acceptors (Lipinski definition) is 4. The molecule has 21 heavy (non-hydrogen) atoms. The van der Waals surface area contributed by atoms with Crippen LogP contribution in [-0.2, 0) is 0 Å². The van der Waals surface area contributed by atoms with Crippen LogP contribution in [0.5, 0.6) is 5.75 Å². The predicted octanol–water partition coefficient (Wildman–Crippen LogP) is 3.33. The average molecular weight is 283 g/mol. The number of ether oxygens (including phenoxy) is 1. The molecule has 0 saturated carbocycles. The number of nitrogens with one attached hydrogen (secondary N) is 1. The number of anilines is 3. The van der Waals surface area contributed by atoms with Gasteiger partial charge in [-0.15, -0.1) is 0 Å². The van der Waals surface area contributed by atoms with E-state index in [9.17, 15) is 0 Å². The third-order valence-electron chi connectivity index (χ3n) is 3.62. The van der Waals surface area contributed by atoms with Crippen molar-refractivity contribution in [2.75, 3.05) is 30.0 Å². The summed E-state index contributed by atoms with van der Waals surface area (Å²) < 4.78 is 5.81. The van der Waals surface area contributed by atoms with Gasteiger partial charge in [0.25, 0.3) is 0 Å². The molecule has 4 nitrogen and oxygen atoms in total. The van der Waals surface area contributed by atoms with Crippen molar-refractivity contribution in [2.24, 2.45) is 5.73 Å². The first-order valence-corrected chi connectivity index (χ1v) is 7.42. The molecule has 1 heterocycles. The highest BCUT2D eigenvalue weighted by Gasteiger charge is 2.20. The fraction of sp³-hybridized carbons (Fsp3) is 0.294. The van der Waals surface area contributed by atoms with Crippen LogP contribution in [-0.4, -0.2) is 19.8 Å². The van der Waals surface area contributed by atoms with E-state index in [1.54, 1.807) is 0 Å². The van der Waals surface area contributed by atoms with E-state index in [4.69, 9.17) is 10.5 Å². The highest BCUT2D eigenvalue weighted by Crippen LogP contribution is 2.38. The topological polar surface area (TPSA) is 50.5 Å². The van der Waals surface area contributed by atoms with Gasteiger partial charge in [-0.25, -0.2) is 0 Å². The molecule has 0 amide bonds. The minimum absolute atomic E-state index is 0.717. The molecule has 0 fully saturated rings. The minimum atomic E-state index is 0.717. The third kappa shape index (κ3) is 3.11. The number of para-hydroxylation sites is 1. The summed E-state index contributed by atoms with van der Waals surface area (Å²) >= 11 is 0. The molecule has 2 aromatic rings. The highest BCUT2D eigenvalue weighted by atomic mass is 16.5. The van der Waals surface area contributed by atoms with Crippen molar-refractivity contribution >= 4 is 17.1 Å². The van der Waals surface area contributed by atoms with E-state index in [1.807, 2.05) is 12.1 Å². The van der Waals surface area contributed by atoms with Gasteiger partial charge in [0.15, 0.2) is 0 Å². The van der Waals surface area contributed by atoms with Gasteiger partial charge in [-0.2, -0.15) is 0 Å². The Morgan fingerprint density at radius 1 is 1.10 bits per heavy atom. The fourth-order valence-corrected chi connectivity index (χ4v) is 2.50. The molecule has 4 heteroatoms. The van der Waals surface area contributed by atoms with Crippen LogP contribution in [0, 0.1) is 0 Å². The molecular weight excluding hydrogens is 262 g/mol. The number of nitrogens with two attached hydrogens (primary N) is 1. The number of benzene rings is 2. The van der Waals surface area contributed by atoms with E-state index in [0.29, 0.717) is 0 Å². The van der Waals surface area contributed by atoms with Crippen molar-refractivity contribution in [3.8, 4) is 5.75 Å². The van der Waals surface area contributed by atoms with Crippen LogP contribution in [0.1, 0.15) is 12.8 Å². The lowest BCUT2D eigenvalue weighted by Crippen LogP contribution is -2.16. The van der Waals surface area contributed by atoms with Gasteiger partial charge in [-0.05, 0) is 43.7 Å². The Labute approximate surface area is 125 Å². The summed E-state index contributed by atoms with van der Waals surface area (Å²) in [7, 11) is 0. The maximum atomic E-state index is 5.81. The monoisotopic (exact) mass is 283 g/mol. The molecule has 0 spiro atoms. The van der Waals surface area contributed by atoms with Crippen molar-refractivity contribution in [2.45, 2.75) is 12.8 Å². The third-order valence-corrected chi connectivity index (χ3v) is 3.62. The zero-order chi connectivity index (χ0) is 14.5. The van der Waals surface area contributed by atoms with Crippen LogP contribution in [0.4, 0.5) is 17.1 Å². The summed E-state index contributed by atoms with van der Waals surface area (Å²) in [6, 6.07) is 16.6.